The van der Waals surface area contributed by atoms with E-state index in [-0.39, 0.29) is 28.8 Å². The first-order valence-electron chi connectivity index (χ1n) is 9.75. The molecule has 3 rings (SSSR count). The Morgan fingerprint density at radius 1 is 1.03 bits per heavy atom. The summed E-state index contributed by atoms with van der Waals surface area (Å²) in [5.74, 6) is 0.852. The molecule has 1 amide bonds. The van der Waals surface area contributed by atoms with Gasteiger partial charge in [0.15, 0.2) is 18.1 Å². The molecule has 1 aliphatic rings. The first kappa shape index (κ1) is 23.2. The number of hydrogen-bond acceptors (Lipinski definition) is 6. The SMILES string of the molecule is COc1ccc(CNC(=O)COc2ccc(Cl)cc2S(=O)(=O)N2CCCC2)cc1OC. The molecular weight excluding hydrogens is 444 g/mol. The maximum atomic E-state index is 12.9. The van der Waals surface area contributed by atoms with Crippen LogP contribution in [0.4, 0.5) is 0 Å². The second kappa shape index (κ2) is 10.2. The van der Waals surface area contributed by atoms with Gasteiger partial charge in [0.2, 0.25) is 10.0 Å². The van der Waals surface area contributed by atoms with Crippen molar-refractivity contribution in [2.24, 2.45) is 0 Å². The van der Waals surface area contributed by atoms with Gasteiger partial charge in [0, 0.05) is 24.7 Å². The molecule has 1 saturated heterocycles. The average Bonchev–Trinajstić information content (AvgIpc) is 3.32. The van der Waals surface area contributed by atoms with Crippen molar-refractivity contribution in [3.8, 4) is 17.2 Å². The predicted molar refractivity (Wildman–Crippen MR) is 116 cm³/mol. The summed E-state index contributed by atoms with van der Waals surface area (Å²) in [6.07, 6.45) is 1.63. The van der Waals surface area contributed by atoms with Gasteiger partial charge in [-0.2, -0.15) is 4.31 Å². The van der Waals surface area contributed by atoms with Crippen LogP contribution >= 0.6 is 11.6 Å². The van der Waals surface area contributed by atoms with Crippen molar-refractivity contribution in [3.05, 3.63) is 47.0 Å². The maximum absolute atomic E-state index is 12.9. The molecule has 0 aromatic heterocycles. The first-order chi connectivity index (χ1) is 14.8. The van der Waals surface area contributed by atoms with Crippen molar-refractivity contribution in [1.29, 1.82) is 0 Å². The van der Waals surface area contributed by atoms with Gasteiger partial charge in [-0.3, -0.25) is 4.79 Å². The number of amides is 1. The summed E-state index contributed by atoms with van der Waals surface area (Å²) in [6.45, 7) is 0.833. The number of benzene rings is 2. The highest BCUT2D eigenvalue weighted by Crippen LogP contribution is 2.31. The first-order valence-corrected chi connectivity index (χ1v) is 11.6. The minimum atomic E-state index is -3.74. The second-order valence-corrected chi connectivity index (χ2v) is 9.30. The number of methoxy groups -OCH3 is 2. The highest BCUT2D eigenvalue weighted by molar-refractivity contribution is 7.89. The standard InChI is InChI=1S/C21H25ClN2O6S/c1-28-17-7-5-15(11-19(17)29-2)13-23-21(25)14-30-18-8-6-16(22)12-20(18)31(26,27)24-9-3-4-10-24/h5-8,11-12H,3-4,9-10,13-14H2,1-2H3,(H,23,25). The molecule has 0 atom stereocenters. The zero-order valence-electron chi connectivity index (χ0n) is 17.4. The quantitative estimate of drug-likeness (QED) is 0.608. The molecule has 2 aromatic rings. The molecule has 1 heterocycles. The molecule has 1 aliphatic heterocycles. The third kappa shape index (κ3) is 5.61. The van der Waals surface area contributed by atoms with Gasteiger partial charge in [0.05, 0.1) is 14.2 Å². The molecule has 1 N–H and O–H groups in total. The highest BCUT2D eigenvalue weighted by atomic mass is 35.5. The summed E-state index contributed by atoms with van der Waals surface area (Å²) in [4.78, 5) is 12.2. The Bertz CT molecular complexity index is 1040. The van der Waals surface area contributed by atoms with Crippen molar-refractivity contribution in [1.82, 2.24) is 9.62 Å². The van der Waals surface area contributed by atoms with E-state index in [1.165, 1.54) is 29.6 Å². The summed E-state index contributed by atoms with van der Waals surface area (Å²) in [6, 6.07) is 9.67. The molecule has 0 unspecified atom stereocenters. The molecular formula is C21H25ClN2O6S. The van der Waals surface area contributed by atoms with Gasteiger partial charge in [0.25, 0.3) is 5.91 Å². The van der Waals surface area contributed by atoms with Crippen molar-refractivity contribution in [2.45, 2.75) is 24.3 Å². The lowest BCUT2D eigenvalue weighted by molar-refractivity contribution is -0.123. The van der Waals surface area contributed by atoms with Crippen molar-refractivity contribution >= 4 is 27.5 Å². The van der Waals surface area contributed by atoms with E-state index in [1.54, 1.807) is 19.2 Å². The third-order valence-corrected chi connectivity index (χ3v) is 7.04. The van der Waals surface area contributed by atoms with Crippen LogP contribution in [0.15, 0.2) is 41.3 Å². The molecule has 0 aliphatic carbocycles. The molecule has 10 heteroatoms. The smallest absolute Gasteiger partial charge is 0.258 e. The summed E-state index contributed by atoms with van der Waals surface area (Å²) in [5, 5.41) is 3.02. The molecule has 0 radical (unpaired) electrons. The molecule has 1 fully saturated rings. The van der Waals surface area contributed by atoms with Gasteiger partial charge in [0.1, 0.15) is 10.6 Å². The van der Waals surface area contributed by atoms with Gasteiger partial charge < -0.3 is 19.5 Å². The van der Waals surface area contributed by atoms with Crippen molar-refractivity contribution in [3.63, 3.8) is 0 Å². The number of nitrogens with zero attached hydrogens (tertiary/aromatic N) is 1. The summed E-state index contributed by atoms with van der Waals surface area (Å²) >= 11 is 6.02. The fourth-order valence-electron chi connectivity index (χ4n) is 3.26. The molecule has 2 aromatic carbocycles. The monoisotopic (exact) mass is 468 g/mol. The van der Waals surface area contributed by atoms with Gasteiger partial charge in [-0.05, 0) is 48.7 Å². The number of carbonyl (C=O) groups excluding carboxylic acids is 1. The number of nitrogens with one attached hydrogen (secondary N) is 1. The Kier molecular flexibility index (Phi) is 7.64. The molecule has 168 valence electrons. The Hall–Kier alpha value is -2.49. The predicted octanol–water partition coefficient (Wildman–Crippen LogP) is 2.84. The van der Waals surface area contributed by atoms with Crippen LogP contribution in [-0.2, 0) is 21.4 Å². The van der Waals surface area contributed by atoms with Gasteiger partial charge in [-0.15, -0.1) is 0 Å². The molecule has 31 heavy (non-hydrogen) atoms. The molecule has 0 saturated carbocycles. The van der Waals surface area contributed by atoms with Crippen molar-refractivity contribution < 1.29 is 27.4 Å². The van der Waals surface area contributed by atoms with Crippen LogP contribution in [0.1, 0.15) is 18.4 Å². The number of sulfonamides is 1. The Balaban J connectivity index is 1.64. The number of rotatable bonds is 9. The fourth-order valence-corrected chi connectivity index (χ4v) is 5.17. The van der Waals surface area contributed by atoms with Crippen LogP contribution in [0, 0.1) is 0 Å². The van der Waals surface area contributed by atoms with Gasteiger partial charge in [-0.25, -0.2) is 8.42 Å². The summed E-state index contributed by atoms with van der Waals surface area (Å²) in [5.41, 5.74) is 0.815. The lowest BCUT2D eigenvalue weighted by atomic mass is 10.2. The Morgan fingerprint density at radius 2 is 1.71 bits per heavy atom. The van der Waals surface area contributed by atoms with E-state index in [0.29, 0.717) is 24.6 Å². The number of carbonyl (C=O) groups is 1. The van der Waals surface area contributed by atoms with E-state index >= 15 is 0 Å². The van der Waals surface area contributed by atoms with Gasteiger partial charge in [-0.1, -0.05) is 17.7 Å². The topological polar surface area (TPSA) is 94.2 Å². The highest BCUT2D eigenvalue weighted by Gasteiger charge is 2.30. The van der Waals surface area contributed by atoms with Crippen molar-refractivity contribution in [2.75, 3.05) is 33.9 Å². The summed E-state index contributed by atoms with van der Waals surface area (Å²) < 4.78 is 43.3. The fraction of sp³-hybridized carbons (Fsp3) is 0.381. The normalized spacial score (nSPS) is 14.3. The number of hydrogen-bond donors (Lipinski definition) is 1. The van der Waals surface area contributed by atoms with E-state index in [1.807, 2.05) is 6.07 Å². The van der Waals surface area contributed by atoms with Crippen LogP contribution in [0.2, 0.25) is 5.02 Å². The van der Waals surface area contributed by atoms with E-state index in [4.69, 9.17) is 25.8 Å². The Morgan fingerprint density at radius 3 is 2.39 bits per heavy atom. The largest absolute Gasteiger partial charge is 0.493 e. The average molecular weight is 469 g/mol. The van der Waals surface area contributed by atoms with E-state index in [0.717, 1.165) is 18.4 Å². The zero-order valence-corrected chi connectivity index (χ0v) is 19.0. The lowest BCUT2D eigenvalue weighted by Crippen LogP contribution is -2.30. The number of ether oxygens (including phenoxy) is 3. The zero-order chi connectivity index (χ0) is 22.4. The molecule has 0 spiro atoms. The van der Waals surface area contributed by atoms with Crippen LogP contribution in [0.25, 0.3) is 0 Å². The Labute approximate surface area is 187 Å². The van der Waals surface area contributed by atoms with Crippen LogP contribution in [0.5, 0.6) is 17.2 Å². The van der Waals surface area contributed by atoms with E-state index in [9.17, 15) is 13.2 Å². The minimum Gasteiger partial charge on any atom is -0.493 e. The molecule has 0 bridgehead atoms. The lowest BCUT2D eigenvalue weighted by Gasteiger charge is -2.18. The van der Waals surface area contributed by atoms with Crippen LogP contribution in [0.3, 0.4) is 0 Å². The second-order valence-electron chi connectivity index (χ2n) is 6.96. The van der Waals surface area contributed by atoms with Crippen LogP contribution in [-0.4, -0.2) is 52.5 Å². The maximum Gasteiger partial charge on any atom is 0.258 e. The summed E-state index contributed by atoms with van der Waals surface area (Å²) in [7, 11) is -0.660. The van der Waals surface area contributed by atoms with E-state index < -0.39 is 15.9 Å². The number of halogens is 1. The third-order valence-electron chi connectivity index (χ3n) is 4.89. The van der Waals surface area contributed by atoms with E-state index in [2.05, 4.69) is 5.32 Å². The minimum absolute atomic E-state index is 0.0328. The molecule has 8 nitrogen and oxygen atoms in total. The van der Waals surface area contributed by atoms with Gasteiger partial charge >= 0.3 is 0 Å². The van der Waals surface area contributed by atoms with Crippen LogP contribution < -0.4 is 19.5 Å².